The van der Waals surface area contributed by atoms with Gasteiger partial charge in [0.05, 0.1) is 0 Å². The molecule has 0 fully saturated rings. The Hall–Kier alpha value is -1.51. The van der Waals surface area contributed by atoms with Crippen LogP contribution in [0, 0.1) is 0 Å². The van der Waals surface area contributed by atoms with Gasteiger partial charge in [-0.15, -0.1) is 0 Å². The van der Waals surface area contributed by atoms with Crippen molar-refractivity contribution in [3.05, 3.63) is 64.7 Å². The molecule has 0 aliphatic carbocycles. The van der Waals surface area contributed by atoms with E-state index >= 15 is 0 Å². The molecule has 2 N–H and O–H groups in total. The Balaban J connectivity index is 2.20. The van der Waals surface area contributed by atoms with Crippen LogP contribution in [-0.2, 0) is 13.0 Å². The van der Waals surface area contributed by atoms with Crippen molar-refractivity contribution < 1.29 is 0 Å². The lowest BCUT2D eigenvalue weighted by molar-refractivity contribution is 0.893. The van der Waals surface area contributed by atoms with Gasteiger partial charge in [-0.3, -0.25) is 0 Å². The second kappa shape index (κ2) is 6.60. The molecule has 0 spiro atoms. The van der Waals surface area contributed by atoms with E-state index < -0.39 is 0 Å². The van der Waals surface area contributed by atoms with E-state index in [0.29, 0.717) is 6.54 Å². The summed E-state index contributed by atoms with van der Waals surface area (Å²) in [5.74, 6) is 0. The van der Waals surface area contributed by atoms with Gasteiger partial charge in [0.15, 0.2) is 0 Å². The first kappa shape index (κ1) is 13.9. The van der Waals surface area contributed by atoms with Crippen molar-refractivity contribution in [3.63, 3.8) is 0 Å². The molecule has 0 unspecified atom stereocenters. The summed E-state index contributed by atoms with van der Waals surface area (Å²) in [7, 11) is 2.09. The molecule has 0 saturated carbocycles. The van der Waals surface area contributed by atoms with E-state index in [9.17, 15) is 0 Å². The van der Waals surface area contributed by atoms with Crippen LogP contribution in [0.4, 0.5) is 5.69 Å². The quantitative estimate of drug-likeness (QED) is 0.904. The fourth-order valence-corrected chi connectivity index (χ4v) is 2.42. The number of rotatable bonds is 5. The van der Waals surface area contributed by atoms with E-state index in [0.717, 1.165) is 18.0 Å². The maximum Gasteiger partial charge on any atom is 0.0426 e. The smallest absolute Gasteiger partial charge is 0.0426 e. The molecule has 0 amide bonds. The maximum absolute atomic E-state index is 6.06. The standard InChI is InChI=1S/C16H19ClN2/c1-19(12-13-5-3-2-4-6-13)16-8-7-15(17)11-14(16)9-10-18/h2-8,11H,9-10,12,18H2,1H3. The number of anilines is 1. The van der Waals surface area contributed by atoms with Crippen molar-refractivity contribution in [2.24, 2.45) is 5.73 Å². The lowest BCUT2D eigenvalue weighted by Crippen LogP contribution is -2.19. The Bertz CT molecular complexity index is 526. The Morgan fingerprint density at radius 1 is 1.11 bits per heavy atom. The molecule has 0 aromatic heterocycles. The molecule has 2 aromatic rings. The lowest BCUT2D eigenvalue weighted by atomic mass is 10.1. The number of halogens is 1. The Kier molecular flexibility index (Phi) is 4.83. The van der Waals surface area contributed by atoms with Gasteiger partial charge in [-0.05, 0) is 42.3 Å². The fourth-order valence-electron chi connectivity index (χ4n) is 2.22. The molecule has 3 heteroatoms. The van der Waals surface area contributed by atoms with Crippen LogP contribution < -0.4 is 10.6 Å². The summed E-state index contributed by atoms with van der Waals surface area (Å²) in [6, 6.07) is 16.4. The molecular weight excluding hydrogens is 256 g/mol. The molecule has 2 aromatic carbocycles. The maximum atomic E-state index is 6.06. The third-order valence-corrected chi connectivity index (χ3v) is 3.36. The highest BCUT2D eigenvalue weighted by Gasteiger charge is 2.08. The molecule has 0 saturated heterocycles. The molecule has 0 bridgehead atoms. The summed E-state index contributed by atoms with van der Waals surface area (Å²) in [4.78, 5) is 2.23. The highest BCUT2D eigenvalue weighted by Crippen LogP contribution is 2.25. The topological polar surface area (TPSA) is 29.3 Å². The van der Waals surface area contributed by atoms with E-state index in [2.05, 4.69) is 42.3 Å². The van der Waals surface area contributed by atoms with Crippen LogP contribution in [0.3, 0.4) is 0 Å². The second-order valence-corrected chi connectivity index (χ2v) is 5.09. The van der Waals surface area contributed by atoms with Crippen LogP contribution in [-0.4, -0.2) is 13.6 Å². The summed E-state index contributed by atoms with van der Waals surface area (Å²) < 4.78 is 0. The van der Waals surface area contributed by atoms with Crippen LogP contribution in [0.1, 0.15) is 11.1 Å². The largest absolute Gasteiger partial charge is 0.370 e. The molecule has 2 nitrogen and oxygen atoms in total. The lowest BCUT2D eigenvalue weighted by Gasteiger charge is -2.23. The Morgan fingerprint density at radius 3 is 2.53 bits per heavy atom. The van der Waals surface area contributed by atoms with Crippen molar-refractivity contribution in [3.8, 4) is 0 Å². The minimum absolute atomic E-state index is 0.631. The minimum atomic E-state index is 0.631. The first-order valence-corrected chi connectivity index (χ1v) is 6.82. The van der Waals surface area contributed by atoms with Gasteiger partial charge in [0.25, 0.3) is 0 Å². The summed E-state index contributed by atoms with van der Waals surface area (Å²) >= 11 is 6.06. The van der Waals surface area contributed by atoms with Crippen LogP contribution in [0.25, 0.3) is 0 Å². The summed E-state index contributed by atoms with van der Waals surface area (Å²) in [5.41, 5.74) is 9.36. The second-order valence-electron chi connectivity index (χ2n) is 4.65. The molecule has 0 aliphatic heterocycles. The number of nitrogens with two attached hydrogens (primary N) is 1. The van der Waals surface area contributed by atoms with Gasteiger partial charge in [0.2, 0.25) is 0 Å². The van der Waals surface area contributed by atoms with E-state index in [1.165, 1.54) is 16.8 Å². The number of nitrogens with zero attached hydrogens (tertiary/aromatic N) is 1. The SMILES string of the molecule is CN(Cc1ccccc1)c1ccc(Cl)cc1CCN. The molecule has 0 heterocycles. The van der Waals surface area contributed by atoms with Gasteiger partial charge in [0.1, 0.15) is 0 Å². The van der Waals surface area contributed by atoms with Crippen molar-refractivity contribution >= 4 is 17.3 Å². The van der Waals surface area contributed by atoms with Gasteiger partial charge in [-0.1, -0.05) is 41.9 Å². The molecule has 0 aliphatic rings. The normalized spacial score (nSPS) is 10.5. The average Bonchev–Trinajstić information content (AvgIpc) is 2.40. The molecule has 100 valence electrons. The van der Waals surface area contributed by atoms with Crippen molar-refractivity contribution in [2.45, 2.75) is 13.0 Å². The zero-order chi connectivity index (χ0) is 13.7. The molecule has 0 atom stereocenters. The third-order valence-electron chi connectivity index (χ3n) is 3.13. The van der Waals surface area contributed by atoms with E-state index in [-0.39, 0.29) is 0 Å². The fraction of sp³-hybridized carbons (Fsp3) is 0.250. The summed E-state index contributed by atoms with van der Waals surface area (Å²) in [6.45, 7) is 1.51. The monoisotopic (exact) mass is 274 g/mol. The van der Waals surface area contributed by atoms with Gasteiger partial charge >= 0.3 is 0 Å². The van der Waals surface area contributed by atoms with Crippen LogP contribution in [0.2, 0.25) is 5.02 Å². The van der Waals surface area contributed by atoms with Gasteiger partial charge < -0.3 is 10.6 Å². The molecule has 0 radical (unpaired) electrons. The van der Waals surface area contributed by atoms with Crippen LogP contribution in [0.15, 0.2) is 48.5 Å². The summed E-state index contributed by atoms with van der Waals surface area (Å²) in [5, 5.41) is 0.764. The van der Waals surface area contributed by atoms with Crippen molar-refractivity contribution in [2.75, 3.05) is 18.5 Å². The van der Waals surface area contributed by atoms with E-state index in [1.807, 2.05) is 18.2 Å². The molecule has 19 heavy (non-hydrogen) atoms. The first-order valence-electron chi connectivity index (χ1n) is 6.44. The molecular formula is C16H19ClN2. The predicted molar refractivity (Wildman–Crippen MR) is 82.8 cm³/mol. The minimum Gasteiger partial charge on any atom is -0.370 e. The summed E-state index contributed by atoms with van der Waals surface area (Å²) in [6.07, 6.45) is 0.842. The van der Waals surface area contributed by atoms with Gasteiger partial charge in [-0.2, -0.15) is 0 Å². The Morgan fingerprint density at radius 2 is 1.84 bits per heavy atom. The van der Waals surface area contributed by atoms with E-state index in [4.69, 9.17) is 17.3 Å². The van der Waals surface area contributed by atoms with Gasteiger partial charge in [-0.25, -0.2) is 0 Å². The Labute approximate surface area is 119 Å². The zero-order valence-electron chi connectivity index (χ0n) is 11.1. The third kappa shape index (κ3) is 3.72. The van der Waals surface area contributed by atoms with Crippen LogP contribution >= 0.6 is 11.6 Å². The highest BCUT2D eigenvalue weighted by molar-refractivity contribution is 6.30. The van der Waals surface area contributed by atoms with E-state index in [1.54, 1.807) is 0 Å². The van der Waals surface area contributed by atoms with Crippen LogP contribution in [0.5, 0.6) is 0 Å². The predicted octanol–water partition coefficient (Wildman–Crippen LogP) is 3.48. The van der Waals surface area contributed by atoms with Crippen molar-refractivity contribution in [1.82, 2.24) is 0 Å². The number of hydrogen-bond donors (Lipinski definition) is 1. The zero-order valence-corrected chi connectivity index (χ0v) is 11.9. The number of benzene rings is 2. The van der Waals surface area contributed by atoms with Crippen molar-refractivity contribution in [1.29, 1.82) is 0 Å². The number of hydrogen-bond acceptors (Lipinski definition) is 2. The highest BCUT2D eigenvalue weighted by atomic mass is 35.5. The molecule has 2 rings (SSSR count). The average molecular weight is 275 g/mol. The van der Waals surface area contributed by atoms with Gasteiger partial charge in [0, 0.05) is 24.3 Å². The first-order chi connectivity index (χ1) is 9.20.